The Balaban J connectivity index is 1.41. The van der Waals surface area contributed by atoms with E-state index >= 15 is 0 Å². The number of thiazole rings is 1. The molecule has 2 aromatic carbocycles. The van der Waals surface area contributed by atoms with Crippen LogP contribution in [0.5, 0.6) is 0 Å². The van der Waals surface area contributed by atoms with Crippen LogP contribution in [0, 0.1) is 20.8 Å². The van der Waals surface area contributed by atoms with E-state index in [0.717, 1.165) is 16.2 Å². The van der Waals surface area contributed by atoms with Gasteiger partial charge in [0.15, 0.2) is 15.0 Å². The second kappa shape index (κ2) is 8.00. The molecule has 0 spiro atoms. The predicted octanol–water partition coefficient (Wildman–Crippen LogP) is 3.34. The van der Waals surface area contributed by atoms with Crippen LogP contribution in [0.2, 0.25) is 0 Å². The minimum Gasteiger partial charge on any atom is -0.345 e. The Morgan fingerprint density at radius 2 is 1.67 bits per heavy atom. The molecule has 2 heterocycles. The Bertz CT molecular complexity index is 1190. The molecule has 1 aliphatic rings. The summed E-state index contributed by atoms with van der Waals surface area (Å²) in [7, 11) is -3.63. The van der Waals surface area contributed by atoms with Crippen molar-refractivity contribution < 1.29 is 13.2 Å². The molecule has 3 aromatic rings. The van der Waals surface area contributed by atoms with Gasteiger partial charge in [-0.3, -0.25) is 4.79 Å². The SMILES string of the molecule is Cc1ccc(S(=O)(=O)CC(=O)N2CCN(c3nc4c(C)cc(C)cc4s3)CC2)cc1. The highest BCUT2D eigenvalue weighted by Gasteiger charge is 2.27. The highest BCUT2D eigenvalue weighted by atomic mass is 32.2. The molecule has 0 atom stereocenters. The van der Waals surface area contributed by atoms with Crippen LogP contribution in [0.25, 0.3) is 10.2 Å². The third-order valence-electron chi connectivity index (χ3n) is 5.42. The summed E-state index contributed by atoms with van der Waals surface area (Å²) in [5.41, 5.74) is 4.41. The number of nitrogens with zero attached hydrogens (tertiary/aromatic N) is 3. The average molecular weight is 444 g/mol. The Kier molecular flexibility index (Phi) is 5.55. The molecule has 1 fully saturated rings. The first-order chi connectivity index (χ1) is 14.2. The number of carbonyl (C=O) groups is 1. The smallest absolute Gasteiger partial charge is 0.238 e. The van der Waals surface area contributed by atoms with E-state index in [1.165, 1.54) is 15.8 Å². The number of anilines is 1. The highest BCUT2D eigenvalue weighted by molar-refractivity contribution is 7.92. The maximum absolute atomic E-state index is 12.6. The van der Waals surface area contributed by atoms with E-state index in [-0.39, 0.29) is 10.8 Å². The standard InChI is InChI=1S/C22H25N3O3S2/c1-15-4-6-18(7-5-15)30(27,28)14-20(26)24-8-10-25(11-9-24)22-23-21-17(3)12-16(2)13-19(21)29-22/h4-7,12-13H,8-11,14H2,1-3H3. The van der Waals surface area contributed by atoms with E-state index in [1.54, 1.807) is 40.5 Å². The van der Waals surface area contributed by atoms with Gasteiger partial charge in [-0.15, -0.1) is 0 Å². The molecule has 30 heavy (non-hydrogen) atoms. The number of sulfone groups is 1. The van der Waals surface area contributed by atoms with Crippen LogP contribution in [-0.4, -0.2) is 56.1 Å². The van der Waals surface area contributed by atoms with E-state index in [1.807, 2.05) is 6.92 Å². The van der Waals surface area contributed by atoms with Gasteiger partial charge in [-0.1, -0.05) is 35.1 Å². The summed E-state index contributed by atoms with van der Waals surface area (Å²) in [6, 6.07) is 10.9. The number of benzene rings is 2. The summed E-state index contributed by atoms with van der Waals surface area (Å²) in [5.74, 6) is -0.832. The zero-order valence-corrected chi connectivity index (χ0v) is 19.0. The molecule has 0 radical (unpaired) electrons. The van der Waals surface area contributed by atoms with Crippen LogP contribution in [0.1, 0.15) is 16.7 Å². The second-order valence-corrected chi connectivity index (χ2v) is 10.9. The third kappa shape index (κ3) is 4.20. The quantitative estimate of drug-likeness (QED) is 0.619. The monoisotopic (exact) mass is 443 g/mol. The Morgan fingerprint density at radius 1 is 1.00 bits per heavy atom. The maximum Gasteiger partial charge on any atom is 0.238 e. The number of hydrogen-bond acceptors (Lipinski definition) is 6. The van der Waals surface area contributed by atoms with Crippen molar-refractivity contribution in [2.75, 3.05) is 36.8 Å². The van der Waals surface area contributed by atoms with E-state index in [9.17, 15) is 13.2 Å². The highest BCUT2D eigenvalue weighted by Crippen LogP contribution is 2.32. The van der Waals surface area contributed by atoms with Gasteiger partial charge in [-0.2, -0.15) is 0 Å². The van der Waals surface area contributed by atoms with Crippen LogP contribution >= 0.6 is 11.3 Å². The first kappa shape index (κ1) is 20.8. The fourth-order valence-corrected chi connectivity index (χ4v) is 6.14. The Labute approximate surface area is 181 Å². The normalized spacial score (nSPS) is 15.0. The number of carbonyl (C=O) groups excluding carboxylic acids is 1. The van der Waals surface area contributed by atoms with Gasteiger partial charge in [0.1, 0.15) is 5.75 Å². The number of hydrogen-bond donors (Lipinski definition) is 0. The summed E-state index contributed by atoms with van der Waals surface area (Å²) in [4.78, 5) is 21.5. The molecule has 1 amide bonds. The molecule has 1 aliphatic heterocycles. The van der Waals surface area contributed by atoms with Crippen molar-refractivity contribution in [3.05, 3.63) is 53.1 Å². The number of aryl methyl sites for hydroxylation is 3. The van der Waals surface area contributed by atoms with Gasteiger partial charge in [-0.25, -0.2) is 13.4 Å². The number of aromatic nitrogens is 1. The summed E-state index contributed by atoms with van der Waals surface area (Å²) in [6.45, 7) is 8.34. The summed E-state index contributed by atoms with van der Waals surface area (Å²) in [5, 5.41) is 0.957. The second-order valence-electron chi connectivity index (χ2n) is 7.86. The molecule has 1 saturated heterocycles. The van der Waals surface area contributed by atoms with Gasteiger partial charge in [0, 0.05) is 26.2 Å². The van der Waals surface area contributed by atoms with Crippen LogP contribution in [0.4, 0.5) is 5.13 Å². The van der Waals surface area contributed by atoms with Crippen LogP contribution in [0.15, 0.2) is 41.3 Å². The van der Waals surface area contributed by atoms with Crippen molar-refractivity contribution in [1.82, 2.24) is 9.88 Å². The average Bonchev–Trinajstić information content (AvgIpc) is 3.12. The summed E-state index contributed by atoms with van der Waals surface area (Å²) in [6.07, 6.45) is 0. The van der Waals surface area contributed by atoms with Crippen molar-refractivity contribution in [2.45, 2.75) is 25.7 Å². The van der Waals surface area contributed by atoms with E-state index in [4.69, 9.17) is 4.98 Å². The molecular weight excluding hydrogens is 418 g/mol. The number of amides is 1. The zero-order chi connectivity index (χ0) is 21.5. The largest absolute Gasteiger partial charge is 0.345 e. The van der Waals surface area contributed by atoms with Gasteiger partial charge in [-0.05, 0) is 50.1 Å². The van der Waals surface area contributed by atoms with Crippen LogP contribution in [0.3, 0.4) is 0 Å². The van der Waals surface area contributed by atoms with Gasteiger partial charge >= 0.3 is 0 Å². The van der Waals surface area contributed by atoms with Gasteiger partial charge in [0.25, 0.3) is 0 Å². The fourth-order valence-electron chi connectivity index (χ4n) is 3.72. The lowest BCUT2D eigenvalue weighted by atomic mass is 10.1. The van der Waals surface area contributed by atoms with Gasteiger partial charge < -0.3 is 9.80 Å². The molecule has 0 aliphatic carbocycles. The van der Waals surface area contributed by atoms with Crippen LogP contribution < -0.4 is 4.90 Å². The third-order valence-corrected chi connectivity index (χ3v) is 8.10. The first-order valence-corrected chi connectivity index (χ1v) is 12.4. The van der Waals surface area contributed by atoms with Crippen LogP contribution in [-0.2, 0) is 14.6 Å². The molecular formula is C22H25N3O3S2. The fraction of sp³-hybridized carbons (Fsp3) is 0.364. The molecule has 158 valence electrons. The topological polar surface area (TPSA) is 70.6 Å². The van der Waals surface area contributed by atoms with Crippen molar-refractivity contribution in [3.8, 4) is 0 Å². The molecule has 8 heteroatoms. The number of fused-ring (bicyclic) bond motifs is 1. The molecule has 4 rings (SSSR count). The minimum absolute atomic E-state index is 0.195. The van der Waals surface area contributed by atoms with E-state index < -0.39 is 15.6 Å². The number of piperazine rings is 1. The maximum atomic E-state index is 12.6. The lowest BCUT2D eigenvalue weighted by Crippen LogP contribution is -2.50. The van der Waals surface area contributed by atoms with Crippen molar-refractivity contribution in [1.29, 1.82) is 0 Å². The molecule has 0 N–H and O–H groups in total. The lowest BCUT2D eigenvalue weighted by molar-refractivity contribution is -0.128. The first-order valence-electron chi connectivity index (χ1n) is 9.93. The van der Waals surface area contributed by atoms with Crippen molar-refractivity contribution in [3.63, 3.8) is 0 Å². The van der Waals surface area contributed by atoms with Crippen molar-refractivity contribution in [2.24, 2.45) is 0 Å². The molecule has 0 unspecified atom stereocenters. The van der Waals surface area contributed by atoms with E-state index in [2.05, 4.69) is 30.9 Å². The zero-order valence-electron chi connectivity index (χ0n) is 17.4. The lowest BCUT2D eigenvalue weighted by Gasteiger charge is -2.34. The van der Waals surface area contributed by atoms with Gasteiger partial charge in [0.05, 0.1) is 15.1 Å². The predicted molar refractivity (Wildman–Crippen MR) is 121 cm³/mol. The molecule has 1 aromatic heterocycles. The van der Waals surface area contributed by atoms with Crippen molar-refractivity contribution >= 4 is 42.4 Å². The molecule has 0 saturated carbocycles. The summed E-state index contributed by atoms with van der Waals surface area (Å²) < 4.78 is 26.3. The molecule has 6 nitrogen and oxygen atoms in total. The van der Waals surface area contributed by atoms with Gasteiger partial charge in [0.2, 0.25) is 5.91 Å². The Hall–Kier alpha value is -2.45. The van der Waals surface area contributed by atoms with E-state index in [0.29, 0.717) is 26.2 Å². The number of rotatable bonds is 4. The summed E-state index contributed by atoms with van der Waals surface area (Å²) >= 11 is 1.67. The Morgan fingerprint density at radius 3 is 2.33 bits per heavy atom. The minimum atomic E-state index is -3.63. The molecule has 0 bridgehead atoms.